The molecule has 0 bridgehead atoms. The second-order valence-electron chi connectivity index (χ2n) is 9.05. The van der Waals surface area contributed by atoms with Gasteiger partial charge in [-0.2, -0.15) is 0 Å². The maximum Gasteiger partial charge on any atom is 0.303 e. The normalized spacial score (nSPS) is 19.5. The Hall–Kier alpha value is -2.71. The topological polar surface area (TPSA) is 75.5 Å². The average Bonchev–Trinajstić information content (AvgIpc) is 2.87. The first-order chi connectivity index (χ1) is 17.0. The van der Waals surface area contributed by atoms with Crippen LogP contribution in [0.2, 0.25) is 0 Å². The third kappa shape index (κ3) is 6.92. The molecule has 2 aromatic heterocycles. The van der Waals surface area contributed by atoms with Gasteiger partial charge in [0.2, 0.25) is 0 Å². The predicted molar refractivity (Wildman–Crippen MR) is 137 cm³/mol. The van der Waals surface area contributed by atoms with Crippen molar-refractivity contribution in [3.05, 3.63) is 60.4 Å². The smallest absolute Gasteiger partial charge is 0.303 e. The second kappa shape index (κ2) is 12.3. The summed E-state index contributed by atoms with van der Waals surface area (Å²) in [6.45, 7) is 2.54. The lowest BCUT2D eigenvalue weighted by Gasteiger charge is -2.38. The molecule has 35 heavy (non-hydrogen) atoms. The van der Waals surface area contributed by atoms with Crippen LogP contribution in [-0.4, -0.2) is 58.4 Å². The highest BCUT2D eigenvalue weighted by molar-refractivity contribution is 7.99. The van der Waals surface area contributed by atoms with Crippen molar-refractivity contribution in [3.8, 4) is 5.75 Å². The number of pyridine rings is 2. The molecule has 3 atom stereocenters. The number of halogens is 1. The predicted octanol–water partition coefficient (Wildman–Crippen LogP) is 5.63. The highest BCUT2D eigenvalue weighted by atomic mass is 32.2. The fourth-order valence-corrected chi connectivity index (χ4v) is 5.84. The van der Waals surface area contributed by atoms with Gasteiger partial charge in [-0.3, -0.25) is 9.78 Å². The summed E-state index contributed by atoms with van der Waals surface area (Å²) in [5.74, 6) is 1.03. The van der Waals surface area contributed by atoms with Gasteiger partial charge in [0.15, 0.2) is 0 Å². The molecule has 0 aliphatic carbocycles. The van der Waals surface area contributed by atoms with Crippen LogP contribution in [0.4, 0.5) is 4.39 Å². The Labute approximate surface area is 209 Å². The quantitative estimate of drug-likeness (QED) is 0.344. The minimum absolute atomic E-state index is 0.0302. The summed E-state index contributed by atoms with van der Waals surface area (Å²) in [6, 6.07) is 13.1. The number of carboxylic acid groups (broad SMARTS) is 1. The molecule has 1 saturated heterocycles. The number of hydrogen-bond donors (Lipinski definition) is 1. The van der Waals surface area contributed by atoms with E-state index in [0.29, 0.717) is 24.2 Å². The summed E-state index contributed by atoms with van der Waals surface area (Å²) in [4.78, 5) is 22.6. The summed E-state index contributed by atoms with van der Waals surface area (Å²) < 4.78 is 20.8. The van der Waals surface area contributed by atoms with E-state index in [1.807, 2.05) is 36.4 Å². The summed E-state index contributed by atoms with van der Waals surface area (Å²) in [7, 11) is 1.59. The van der Waals surface area contributed by atoms with Crippen molar-refractivity contribution < 1.29 is 19.0 Å². The molecule has 0 saturated carbocycles. The number of ether oxygens (including phenoxy) is 1. The molecule has 0 amide bonds. The van der Waals surface area contributed by atoms with Gasteiger partial charge in [-0.15, -0.1) is 11.8 Å². The zero-order valence-corrected chi connectivity index (χ0v) is 20.8. The second-order valence-corrected chi connectivity index (χ2v) is 10.2. The van der Waals surface area contributed by atoms with Gasteiger partial charge in [0.05, 0.1) is 17.7 Å². The SMILES string of the molecule is COc1ccc2nccc(C(F)CC[C@@H]3CCN(CCSc4ccccn4)C[C@@H]3CC(=O)O)c2c1. The number of alkyl halides is 1. The van der Waals surface area contributed by atoms with Crippen molar-refractivity contribution in [1.82, 2.24) is 14.9 Å². The van der Waals surface area contributed by atoms with Gasteiger partial charge in [-0.05, 0) is 79.6 Å². The number of nitrogens with zero attached hydrogens (tertiary/aromatic N) is 3. The number of benzene rings is 1. The Bertz CT molecular complexity index is 1120. The van der Waals surface area contributed by atoms with E-state index in [4.69, 9.17) is 4.74 Å². The van der Waals surface area contributed by atoms with Crippen LogP contribution in [0.3, 0.4) is 0 Å². The number of aliphatic carboxylic acids is 1. The van der Waals surface area contributed by atoms with Crippen LogP contribution in [0.25, 0.3) is 10.9 Å². The Kier molecular flexibility index (Phi) is 8.93. The standard InChI is InChI=1S/C27H32FN3O3S/c1-34-21-6-8-25-23(17-21)22(9-12-29-25)24(28)7-5-19-10-13-31(18-20(19)16-27(32)33)14-15-35-26-4-2-3-11-30-26/h2-4,6,8-9,11-12,17,19-20,24H,5,7,10,13-16,18H2,1H3,(H,32,33)/t19-,20+,24?/m1/s1. The fourth-order valence-electron chi connectivity index (χ4n) is 4.97. The van der Waals surface area contributed by atoms with E-state index in [9.17, 15) is 9.90 Å². The molecular weight excluding hydrogens is 465 g/mol. The van der Waals surface area contributed by atoms with Crippen LogP contribution in [0, 0.1) is 11.8 Å². The van der Waals surface area contributed by atoms with Crippen molar-refractivity contribution in [2.75, 3.05) is 32.5 Å². The minimum atomic E-state index is -1.13. The van der Waals surface area contributed by atoms with Crippen LogP contribution >= 0.6 is 11.8 Å². The largest absolute Gasteiger partial charge is 0.497 e. The van der Waals surface area contributed by atoms with Gasteiger partial charge in [0.1, 0.15) is 11.9 Å². The zero-order valence-electron chi connectivity index (χ0n) is 20.0. The molecule has 0 radical (unpaired) electrons. The lowest BCUT2D eigenvalue weighted by atomic mass is 9.79. The molecule has 1 aliphatic heterocycles. The minimum Gasteiger partial charge on any atom is -0.497 e. The van der Waals surface area contributed by atoms with E-state index < -0.39 is 12.1 Å². The first kappa shape index (κ1) is 25.4. The lowest BCUT2D eigenvalue weighted by molar-refractivity contribution is -0.139. The number of carbonyl (C=O) groups is 1. The number of rotatable bonds is 11. The molecule has 1 aromatic carbocycles. The van der Waals surface area contributed by atoms with Crippen LogP contribution in [0.5, 0.6) is 5.75 Å². The Morgan fingerprint density at radius 3 is 2.89 bits per heavy atom. The highest BCUT2D eigenvalue weighted by Gasteiger charge is 2.31. The number of hydrogen-bond acceptors (Lipinski definition) is 6. The third-order valence-corrected chi connectivity index (χ3v) is 7.74. The van der Waals surface area contributed by atoms with Crippen LogP contribution in [0.1, 0.15) is 37.4 Å². The number of fused-ring (bicyclic) bond motifs is 1. The van der Waals surface area contributed by atoms with Crippen molar-refractivity contribution in [3.63, 3.8) is 0 Å². The van der Waals surface area contributed by atoms with Gasteiger partial charge >= 0.3 is 5.97 Å². The molecule has 1 N–H and O–H groups in total. The van der Waals surface area contributed by atoms with Crippen LogP contribution in [0.15, 0.2) is 59.9 Å². The first-order valence-electron chi connectivity index (χ1n) is 12.1. The van der Waals surface area contributed by atoms with Crippen molar-refractivity contribution in [2.45, 2.75) is 36.9 Å². The number of thioether (sulfide) groups is 1. The molecule has 3 heterocycles. The number of piperidine rings is 1. The molecule has 8 heteroatoms. The Morgan fingerprint density at radius 2 is 2.11 bits per heavy atom. The first-order valence-corrected chi connectivity index (χ1v) is 13.1. The average molecular weight is 498 g/mol. The number of aromatic nitrogens is 2. The molecule has 1 aliphatic rings. The molecule has 1 fully saturated rings. The van der Waals surface area contributed by atoms with Gasteiger partial charge in [-0.25, -0.2) is 9.37 Å². The third-order valence-electron chi connectivity index (χ3n) is 6.82. The number of carboxylic acids is 1. The molecule has 4 rings (SSSR count). The molecule has 186 valence electrons. The number of methoxy groups -OCH3 is 1. The van der Waals surface area contributed by atoms with Crippen LogP contribution in [-0.2, 0) is 4.79 Å². The monoisotopic (exact) mass is 497 g/mol. The van der Waals surface area contributed by atoms with E-state index >= 15 is 4.39 Å². The Balaban J connectivity index is 1.35. The Morgan fingerprint density at radius 1 is 1.23 bits per heavy atom. The van der Waals surface area contributed by atoms with Crippen molar-refractivity contribution in [1.29, 1.82) is 0 Å². The zero-order chi connectivity index (χ0) is 24.6. The molecule has 0 spiro atoms. The van der Waals surface area contributed by atoms with E-state index in [1.54, 1.807) is 37.3 Å². The van der Waals surface area contributed by atoms with Crippen molar-refractivity contribution in [2.24, 2.45) is 11.8 Å². The molecular formula is C27H32FN3O3S. The molecule has 3 aromatic rings. The maximum absolute atomic E-state index is 15.4. The van der Waals surface area contributed by atoms with E-state index in [1.165, 1.54) is 0 Å². The van der Waals surface area contributed by atoms with Crippen molar-refractivity contribution >= 4 is 28.6 Å². The maximum atomic E-state index is 15.4. The van der Waals surface area contributed by atoms with Gasteiger partial charge in [0, 0.05) is 43.0 Å². The van der Waals surface area contributed by atoms with Crippen LogP contribution < -0.4 is 4.74 Å². The summed E-state index contributed by atoms with van der Waals surface area (Å²) >= 11 is 1.71. The summed E-state index contributed by atoms with van der Waals surface area (Å²) in [5, 5.41) is 11.3. The molecule has 6 nitrogen and oxygen atoms in total. The molecule has 1 unspecified atom stereocenters. The summed E-state index contributed by atoms with van der Waals surface area (Å²) in [6.07, 6.45) is 4.36. The number of likely N-dealkylation sites (tertiary alicyclic amines) is 1. The van der Waals surface area contributed by atoms with E-state index in [2.05, 4.69) is 14.9 Å². The van der Waals surface area contributed by atoms with Gasteiger partial charge in [-0.1, -0.05) is 6.07 Å². The highest BCUT2D eigenvalue weighted by Crippen LogP contribution is 2.36. The lowest BCUT2D eigenvalue weighted by Crippen LogP contribution is -2.42. The van der Waals surface area contributed by atoms with Gasteiger partial charge < -0.3 is 14.7 Å². The van der Waals surface area contributed by atoms with Gasteiger partial charge in [0.25, 0.3) is 0 Å². The van der Waals surface area contributed by atoms with E-state index in [-0.39, 0.29) is 18.3 Å². The summed E-state index contributed by atoms with van der Waals surface area (Å²) in [5.41, 5.74) is 1.36. The fraction of sp³-hybridized carbons (Fsp3) is 0.444. The van der Waals surface area contributed by atoms with E-state index in [0.717, 1.165) is 47.7 Å².